The summed E-state index contributed by atoms with van der Waals surface area (Å²) in [5.74, 6) is 1.39. The van der Waals surface area contributed by atoms with Crippen LogP contribution < -0.4 is 5.32 Å². The predicted octanol–water partition coefficient (Wildman–Crippen LogP) is 4.59. The number of aromatic nitrogens is 4. The second kappa shape index (κ2) is 10.7. The highest BCUT2D eigenvalue weighted by Gasteiger charge is 2.30. The van der Waals surface area contributed by atoms with E-state index in [1.54, 1.807) is 46.4 Å². The third kappa shape index (κ3) is 5.32. The van der Waals surface area contributed by atoms with E-state index in [0.717, 1.165) is 44.3 Å². The lowest BCUT2D eigenvalue weighted by molar-refractivity contribution is 0.184. The van der Waals surface area contributed by atoms with Crippen molar-refractivity contribution in [3.8, 4) is 21.8 Å². The van der Waals surface area contributed by atoms with Crippen LogP contribution in [0.25, 0.3) is 32.0 Å². The fourth-order valence-corrected chi connectivity index (χ4v) is 8.51. The van der Waals surface area contributed by atoms with Gasteiger partial charge in [0.25, 0.3) is 10.0 Å². The summed E-state index contributed by atoms with van der Waals surface area (Å²) in [5.41, 5.74) is 3.75. The number of piperazine rings is 1. The number of sulfonamides is 1. The number of nitrogens with one attached hydrogen (secondary N) is 1. The fraction of sp³-hybridized carbons (Fsp3) is 0.308. The average molecular weight is 582 g/mol. The Labute approximate surface area is 234 Å². The van der Waals surface area contributed by atoms with Crippen LogP contribution in [0.5, 0.6) is 0 Å². The number of pyridine rings is 1. The van der Waals surface area contributed by atoms with E-state index in [1.165, 1.54) is 11.3 Å². The number of hydrogen-bond donors (Lipinski definition) is 1. The van der Waals surface area contributed by atoms with Crippen LogP contribution in [-0.4, -0.2) is 76.5 Å². The lowest BCUT2D eigenvalue weighted by Gasteiger charge is -2.35. The van der Waals surface area contributed by atoms with Crippen molar-refractivity contribution in [2.24, 2.45) is 0 Å². The van der Waals surface area contributed by atoms with Crippen LogP contribution in [0.15, 0.2) is 63.2 Å². The molecule has 0 bridgehead atoms. The first kappa shape index (κ1) is 26.0. The largest absolute Gasteiger partial charge is 0.365 e. The minimum Gasteiger partial charge on any atom is -0.365 e. The number of rotatable bonds is 8. The molecule has 6 rings (SSSR count). The highest BCUT2D eigenvalue weighted by atomic mass is 32.2. The monoisotopic (exact) mass is 581 g/mol. The molecule has 10 nitrogen and oxygen atoms in total. The molecule has 1 unspecified atom stereocenters. The zero-order valence-corrected chi connectivity index (χ0v) is 23.9. The van der Waals surface area contributed by atoms with Gasteiger partial charge in [0.05, 0.1) is 20.8 Å². The Hall–Kier alpha value is -3.23. The second-order valence-electron chi connectivity index (χ2n) is 9.49. The van der Waals surface area contributed by atoms with E-state index in [4.69, 9.17) is 4.52 Å². The summed E-state index contributed by atoms with van der Waals surface area (Å²) in [4.78, 5) is 16.3. The van der Waals surface area contributed by atoms with Crippen molar-refractivity contribution >= 4 is 48.7 Å². The summed E-state index contributed by atoms with van der Waals surface area (Å²) in [5, 5.41) is 9.53. The summed E-state index contributed by atoms with van der Waals surface area (Å²) in [7, 11) is -3.56. The van der Waals surface area contributed by atoms with Gasteiger partial charge in [0, 0.05) is 73.7 Å². The van der Waals surface area contributed by atoms with E-state index < -0.39 is 10.0 Å². The Bertz CT molecular complexity index is 1690. The molecule has 1 aliphatic heterocycles. The highest BCUT2D eigenvalue weighted by molar-refractivity contribution is 7.91. The molecule has 1 fully saturated rings. The zero-order valence-electron chi connectivity index (χ0n) is 21.4. The summed E-state index contributed by atoms with van der Waals surface area (Å²) >= 11 is 2.83. The van der Waals surface area contributed by atoms with E-state index in [0.29, 0.717) is 36.1 Å². The minimum absolute atomic E-state index is 0.111. The molecule has 5 aromatic heterocycles. The summed E-state index contributed by atoms with van der Waals surface area (Å²) in [6, 6.07) is 9.29. The first-order valence-corrected chi connectivity index (χ1v) is 15.7. The van der Waals surface area contributed by atoms with Crippen molar-refractivity contribution in [1.29, 1.82) is 0 Å². The molecule has 1 N–H and O–H groups in total. The number of fused-ring (bicyclic) bond motifs is 1. The molecule has 0 spiro atoms. The lowest BCUT2D eigenvalue weighted by atomic mass is 10.1. The molecule has 1 aliphatic rings. The number of nitrogens with zero attached hydrogens (tertiary/aromatic N) is 6. The molecule has 0 saturated carbocycles. The van der Waals surface area contributed by atoms with Crippen molar-refractivity contribution in [2.45, 2.75) is 24.1 Å². The third-order valence-corrected chi connectivity index (χ3v) is 11.1. The topological polar surface area (TPSA) is 117 Å². The molecular weight excluding hydrogens is 555 g/mol. The zero-order chi connectivity index (χ0) is 27.0. The van der Waals surface area contributed by atoms with Gasteiger partial charge in [0.15, 0.2) is 5.76 Å². The molecule has 0 amide bonds. The average Bonchev–Trinajstić information content (AvgIpc) is 3.70. The molecule has 39 heavy (non-hydrogen) atoms. The standard InChI is InChI=1S/C26H27N7O3S3/c1-17-12-21(36-31-17)22-5-6-23(38-22)39(34,35)33-10-8-32(9-11-33)14-18(2)30-26-25-24(28-16-29-26)20(15-37-25)19-4-3-7-27-13-19/h3-7,12-13,15-16,18H,8-11,14H2,1-2H3,(H,28,29,30). The molecule has 202 valence electrons. The molecule has 0 aromatic carbocycles. The van der Waals surface area contributed by atoms with E-state index in [2.05, 4.69) is 42.6 Å². The number of hydrogen-bond acceptors (Lipinski definition) is 11. The number of aryl methyl sites for hydroxylation is 1. The van der Waals surface area contributed by atoms with Crippen LogP contribution in [0.1, 0.15) is 12.6 Å². The van der Waals surface area contributed by atoms with Crippen molar-refractivity contribution < 1.29 is 12.9 Å². The normalized spacial score (nSPS) is 16.1. The van der Waals surface area contributed by atoms with Crippen LogP contribution in [-0.2, 0) is 10.0 Å². The molecule has 0 aliphatic carbocycles. The Kier molecular flexibility index (Phi) is 7.16. The van der Waals surface area contributed by atoms with Crippen molar-refractivity contribution in [1.82, 2.24) is 29.3 Å². The molecule has 6 heterocycles. The number of thiophene rings is 2. The van der Waals surface area contributed by atoms with E-state index in [1.807, 2.05) is 25.3 Å². The maximum Gasteiger partial charge on any atom is 0.252 e. The van der Waals surface area contributed by atoms with Gasteiger partial charge in [-0.2, -0.15) is 4.31 Å². The van der Waals surface area contributed by atoms with Gasteiger partial charge in [-0.1, -0.05) is 11.2 Å². The van der Waals surface area contributed by atoms with Crippen LogP contribution in [0.4, 0.5) is 5.82 Å². The van der Waals surface area contributed by atoms with Gasteiger partial charge in [-0.25, -0.2) is 18.4 Å². The predicted molar refractivity (Wildman–Crippen MR) is 153 cm³/mol. The Morgan fingerprint density at radius 3 is 2.74 bits per heavy atom. The molecule has 5 aromatic rings. The van der Waals surface area contributed by atoms with Gasteiger partial charge in [0.2, 0.25) is 0 Å². The molecule has 1 atom stereocenters. The Morgan fingerprint density at radius 1 is 1.15 bits per heavy atom. The van der Waals surface area contributed by atoms with Gasteiger partial charge >= 0.3 is 0 Å². The Morgan fingerprint density at radius 2 is 2.00 bits per heavy atom. The van der Waals surface area contributed by atoms with Crippen molar-refractivity contribution in [2.75, 3.05) is 38.0 Å². The molecule has 13 heteroatoms. The van der Waals surface area contributed by atoms with Crippen LogP contribution in [0.2, 0.25) is 0 Å². The van der Waals surface area contributed by atoms with E-state index >= 15 is 0 Å². The fourth-order valence-electron chi connectivity index (χ4n) is 4.70. The highest BCUT2D eigenvalue weighted by Crippen LogP contribution is 2.36. The maximum absolute atomic E-state index is 13.3. The molecule has 1 saturated heterocycles. The smallest absolute Gasteiger partial charge is 0.252 e. The number of anilines is 1. The quantitative estimate of drug-likeness (QED) is 0.281. The van der Waals surface area contributed by atoms with Gasteiger partial charge in [-0.3, -0.25) is 9.88 Å². The minimum atomic E-state index is -3.56. The first-order chi connectivity index (χ1) is 18.9. The van der Waals surface area contributed by atoms with Gasteiger partial charge in [0.1, 0.15) is 16.4 Å². The maximum atomic E-state index is 13.3. The van der Waals surface area contributed by atoms with Crippen molar-refractivity contribution in [3.63, 3.8) is 0 Å². The van der Waals surface area contributed by atoms with Gasteiger partial charge in [-0.05, 0) is 32.0 Å². The second-order valence-corrected chi connectivity index (χ2v) is 13.6. The van der Waals surface area contributed by atoms with E-state index in [-0.39, 0.29) is 6.04 Å². The SMILES string of the molecule is Cc1cc(-c2ccc(S(=O)(=O)N3CCN(CC(C)Nc4ncnc5c(-c6cccnc6)csc45)CC3)s2)on1. The van der Waals surface area contributed by atoms with Crippen LogP contribution in [0.3, 0.4) is 0 Å². The molecule has 0 radical (unpaired) electrons. The Balaban J connectivity index is 1.07. The summed E-state index contributed by atoms with van der Waals surface area (Å²) in [6.07, 6.45) is 5.19. The van der Waals surface area contributed by atoms with Crippen molar-refractivity contribution in [3.05, 3.63) is 60.1 Å². The van der Waals surface area contributed by atoms with Gasteiger partial charge in [-0.15, -0.1) is 22.7 Å². The van der Waals surface area contributed by atoms with Crippen LogP contribution in [0, 0.1) is 6.92 Å². The molecular formula is C26H27N7O3S3. The van der Waals surface area contributed by atoms with Gasteiger partial charge < -0.3 is 9.84 Å². The summed E-state index contributed by atoms with van der Waals surface area (Å²) < 4.78 is 34.8. The first-order valence-electron chi connectivity index (χ1n) is 12.5. The third-order valence-electron chi connectivity index (χ3n) is 6.62. The van der Waals surface area contributed by atoms with Crippen LogP contribution >= 0.6 is 22.7 Å². The van der Waals surface area contributed by atoms with E-state index in [9.17, 15) is 8.42 Å². The lowest BCUT2D eigenvalue weighted by Crippen LogP contribution is -2.50. The summed E-state index contributed by atoms with van der Waals surface area (Å²) in [6.45, 7) is 6.94.